The highest BCUT2D eigenvalue weighted by Gasteiger charge is 2.20. The summed E-state index contributed by atoms with van der Waals surface area (Å²) >= 11 is 0. The van der Waals surface area contributed by atoms with E-state index < -0.39 is 30.1 Å². The van der Waals surface area contributed by atoms with Gasteiger partial charge in [0.2, 0.25) is 30.1 Å². The largest absolute Gasteiger partial charge is 0.313 e. The minimum absolute atomic E-state index is 0.0392. The molecule has 3 atom stereocenters. The average molecular weight is 799 g/mol. The first-order chi connectivity index (χ1) is 25.4. The van der Waals surface area contributed by atoms with Crippen molar-refractivity contribution in [2.45, 2.75) is 56.7 Å². The normalized spacial score (nSPS) is 13.9. The molecule has 0 amide bonds. The Morgan fingerprint density at radius 1 is 0.407 bits per heavy atom. The van der Waals surface area contributed by atoms with Gasteiger partial charge >= 0.3 is 0 Å². The van der Waals surface area contributed by atoms with E-state index in [4.69, 9.17) is 0 Å². The van der Waals surface area contributed by atoms with Gasteiger partial charge in [-0.05, 0) is 129 Å². The SMILES string of the molecule is CNC(CCc1ccc(NS(C)(=O)=O)cc1)c1cc(C(CCc2ccc(NS(C)(=O)=O)cc2)NC)cc(C(CCc2ccc(NS(C)(=O)=O)cc2)NC)c1. The predicted octanol–water partition coefficient (Wildman–Crippen LogP) is 5.48. The molecule has 0 radical (unpaired) electrons. The number of hydrogen-bond acceptors (Lipinski definition) is 9. The molecule has 12 nitrogen and oxygen atoms in total. The summed E-state index contributed by atoms with van der Waals surface area (Å²) in [5, 5.41) is 10.6. The Balaban J connectivity index is 1.58. The van der Waals surface area contributed by atoms with Crippen LogP contribution in [0.15, 0.2) is 91.0 Å². The average Bonchev–Trinajstić information content (AvgIpc) is 3.09. The van der Waals surface area contributed by atoms with Crippen molar-refractivity contribution in [2.75, 3.05) is 54.1 Å². The molecule has 54 heavy (non-hydrogen) atoms. The van der Waals surface area contributed by atoms with Crippen LogP contribution in [0.25, 0.3) is 0 Å². The van der Waals surface area contributed by atoms with Crippen LogP contribution in [0, 0.1) is 0 Å². The number of sulfonamides is 3. The summed E-state index contributed by atoms with van der Waals surface area (Å²) in [6, 6.07) is 29.3. The molecular weight excluding hydrogens is 745 g/mol. The maximum atomic E-state index is 11.7. The van der Waals surface area contributed by atoms with Crippen molar-refractivity contribution in [1.29, 1.82) is 0 Å². The maximum absolute atomic E-state index is 11.7. The summed E-state index contributed by atoms with van der Waals surface area (Å²) in [6.07, 6.45) is 8.19. The van der Waals surface area contributed by atoms with Gasteiger partial charge in [0.1, 0.15) is 0 Å². The summed E-state index contributed by atoms with van der Waals surface area (Å²) in [4.78, 5) is 0. The molecule has 0 saturated carbocycles. The van der Waals surface area contributed by atoms with E-state index in [0.29, 0.717) is 17.1 Å². The van der Waals surface area contributed by atoms with E-state index in [1.165, 1.54) is 0 Å². The molecule has 3 unspecified atom stereocenters. The standard InChI is InChI=1S/C39H54N6O6S3/c1-40-37(22-13-28-7-16-34(17-8-28)43-52(4,46)47)31-25-32(38(41-2)23-14-29-9-18-35(19-10-29)44-53(5,48)49)27-33(26-31)39(42-3)24-15-30-11-20-36(21-12-30)45-54(6,50)51/h7-12,16-21,25-27,37-45H,13-15,22-24H2,1-6H3. The highest BCUT2D eigenvalue weighted by atomic mass is 32.2. The monoisotopic (exact) mass is 798 g/mol. The van der Waals surface area contributed by atoms with E-state index in [-0.39, 0.29) is 18.1 Å². The molecule has 4 rings (SSSR count). The summed E-state index contributed by atoms with van der Waals surface area (Å²) in [7, 11) is -4.17. The van der Waals surface area contributed by atoms with E-state index in [1.54, 1.807) is 36.4 Å². The lowest BCUT2D eigenvalue weighted by atomic mass is 9.88. The molecule has 0 aliphatic carbocycles. The molecule has 0 aliphatic rings. The zero-order chi connectivity index (χ0) is 39.5. The fourth-order valence-electron chi connectivity index (χ4n) is 6.53. The van der Waals surface area contributed by atoms with Crippen LogP contribution in [0.5, 0.6) is 0 Å². The first-order valence-electron chi connectivity index (χ1n) is 17.8. The van der Waals surface area contributed by atoms with Crippen LogP contribution in [0.2, 0.25) is 0 Å². The smallest absolute Gasteiger partial charge is 0.229 e. The zero-order valence-corrected chi connectivity index (χ0v) is 34.3. The number of benzene rings is 4. The van der Waals surface area contributed by atoms with E-state index in [0.717, 1.165) is 90.7 Å². The van der Waals surface area contributed by atoms with Crippen LogP contribution in [0.3, 0.4) is 0 Å². The van der Waals surface area contributed by atoms with E-state index in [9.17, 15) is 25.3 Å². The number of anilines is 3. The Labute approximate surface area is 322 Å². The van der Waals surface area contributed by atoms with Gasteiger partial charge in [0, 0.05) is 35.2 Å². The van der Waals surface area contributed by atoms with Crippen LogP contribution >= 0.6 is 0 Å². The molecule has 4 aromatic rings. The van der Waals surface area contributed by atoms with Crippen molar-refractivity contribution in [3.63, 3.8) is 0 Å². The summed E-state index contributed by atoms with van der Waals surface area (Å²) in [5.74, 6) is 0. The van der Waals surface area contributed by atoms with Crippen LogP contribution in [0.4, 0.5) is 17.1 Å². The molecular formula is C39H54N6O6S3. The van der Waals surface area contributed by atoms with Gasteiger partial charge in [-0.2, -0.15) is 0 Å². The van der Waals surface area contributed by atoms with Gasteiger partial charge in [-0.15, -0.1) is 0 Å². The molecule has 0 aromatic heterocycles. The van der Waals surface area contributed by atoms with Gasteiger partial charge < -0.3 is 16.0 Å². The lowest BCUT2D eigenvalue weighted by molar-refractivity contribution is 0.521. The molecule has 294 valence electrons. The third-order valence-corrected chi connectivity index (χ3v) is 11.0. The Morgan fingerprint density at radius 3 is 0.815 bits per heavy atom. The van der Waals surface area contributed by atoms with Crippen molar-refractivity contribution >= 4 is 47.1 Å². The summed E-state index contributed by atoms with van der Waals surface area (Å²) in [5.41, 5.74) is 8.37. The Kier molecular flexibility index (Phi) is 15.1. The van der Waals surface area contributed by atoms with Crippen LogP contribution in [-0.2, 0) is 49.3 Å². The zero-order valence-electron chi connectivity index (χ0n) is 31.8. The first kappa shape index (κ1) is 42.7. The van der Waals surface area contributed by atoms with E-state index in [2.05, 4.69) is 48.3 Å². The topological polar surface area (TPSA) is 175 Å². The third-order valence-electron chi connectivity index (χ3n) is 9.19. The molecule has 6 N–H and O–H groups in total. The summed E-state index contributed by atoms with van der Waals surface area (Å²) in [6.45, 7) is 0. The molecule has 4 aromatic carbocycles. The molecule has 0 saturated heterocycles. The molecule has 0 aliphatic heterocycles. The van der Waals surface area contributed by atoms with Crippen molar-refractivity contribution < 1.29 is 25.3 Å². The number of rotatable bonds is 21. The van der Waals surface area contributed by atoms with Crippen molar-refractivity contribution in [3.8, 4) is 0 Å². The maximum Gasteiger partial charge on any atom is 0.229 e. The lowest BCUT2D eigenvalue weighted by Gasteiger charge is -2.25. The number of aryl methyl sites for hydroxylation is 3. The summed E-state index contributed by atoms with van der Waals surface area (Å²) < 4.78 is 77.5. The highest BCUT2D eigenvalue weighted by Crippen LogP contribution is 2.31. The van der Waals surface area contributed by atoms with Crippen LogP contribution in [-0.4, -0.2) is 65.2 Å². The van der Waals surface area contributed by atoms with Crippen LogP contribution < -0.4 is 30.1 Å². The molecule has 0 fully saturated rings. The second-order valence-electron chi connectivity index (χ2n) is 13.8. The Bertz CT molecular complexity index is 1890. The minimum Gasteiger partial charge on any atom is -0.313 e. The molecule has 0 heterocycles. The Morgan fingerprint density at radius 2 is 0.630 bits per heavy atom. The third kappa shape index (κ3) is 14.3. The number of nitrogens with one attached hydrogen (secondary N) is 6. The van der Waals surface area contributed by atoms with Crippen molar-refractivity contribution in [3.05, 3.63) is 124 Å². The number of hydrogen-bond donors (Lipinski definition) is 6. The lowest BCUT2D eigenvalue weighted by Crippen LogP contribution is -2.23. The predicted molar refractivity (Wildman–Crippen MR) is 222 cm³/mol. The van der Waals surface area contributed by atoms with Gasteiger partial charge in [0.15, 0.2) is 0 Å². The van der Waals surface area contributed by atoms with Gasteiger partial charge in [0.25, 0.3) is 0 Å². The first-order valence-corrected chi connectivity index (χ1v) is 23.5. The molecule has 15 heteroatoms. The molecule has 0 bridgehead atoms. The quantitative estimate of drug-likeness (QED) is 0.0638. The minimum atomic E-state index is -3.35. The second-order valence-corrected chi connectivity index (χ2v) is 19.0. The van der Waals surface area contributed by atoms with Gasteiger partial charge in [-0.1, -0.05) is 54.6 Å². The van der Waals surface area contributed by atoms with Crippen molar-refractivity contribution in [2.24, 2.45) is 0 Å². The van der Waals surface area contributed by atoms with Crippen molar-refractivity contribution in [1.82, 2.24) is 16.0 Å². The fraction of sp³-hybridized carbons (Fsp3) is 0.385. The van der Waals surface area contributed by atoms with Crippen LogP contribution in [0.1, 0.15) is 70.8 Å². The molecule has 0 spiro atoms. The fourth-order valence-corrected chi connectivity index (χ4v) is 8.23. The van der Waals surface area contributed by atoms with Gasteiger partial charge in [-0.25, -0.2) is 25.3 Å². The Hall–Kier alpha value is -3.99. The van der Waals surface area contributed by atoms with Gasteiger partial charge in [0.05, 0.1) is 18.8 Å². The van der Waals surface area contributed by atoms with Gasteiger partial charge in [-0.3, -0.25) is 14.2 Å². The van der Waals surface area contributed by atoms with E-state index in [1.807, 2.05) is 57.5 Å². The second kappa shape index (κ2) is 19.0. The highest BCUT2D eigenvalue weighted by molar-refractivity contribution is 7.92. The van der Waals surface area contributed by atoms with E-state index >= 15 is 0 Å².